The fraction of sp³-hybridized carbons (Fsp3) is 0.611. The molecule has 2 aliphatic heterocycles. The zero-order valence-electron chi connectivity index (χ0n) is 14.8. The van der Waals surface area contributed by atoms with Gasteiger partial charge in [0.1, 0.15) is 5.75 Å². The van der Waals surface area contributed by atoms with Crippen LogP contribution in [0.5, 0.6) is 5.75 Å². The maximum absolute atomic E-state index is 6.09. The summed E-state index contributed by atoms with van der Waals surface area (Å²) in [6.07, 6.45) is 2.32. The number of nitrogens with zero attached hydrogens (tertiary/aromatic N) is 2. The highest BCUT2D eigenvalue weighted by molar-refractivity contribution is 14.0. The molecule has 3 N–H and O–H groups in total. The molecule has 0 amide bonds. The lowest BCUT2D eigenvalue weighted by Gasteiger charge is -2.32. The first-order chi connectivity index (χ1) is 11.8. The van der Waals surface area contributed by atoms with Crippen LogP contribution in [0.1, 0.15) is 31.4 Å². The van der Waals surface area contributed by atoms with Crippen LogP contribution in [-0.4, -0.2) is 56.4 Å². The van der Waals surface area contributed by atoms with E-state index in [4.69, 9.17) is 15.2 Å². The van der Waals surface area contributed by atoms with E-state index in [1.165, 1.54) is 0 Å². The highest BCUT2D eigenvalue weighted by atomic mass is 127. The van der Waals surface area contributed by atoms with Crippen LogP contribution < -0.4 is 15.8 Å². The van der Waals surface area contributed by atoms with E-state index in [1.807, 2.05) is 18.2 Å². The Balaban J connectivity index is 0.00000225. The molecule has 2 atom stereocenters. The molecule has 0 saturated carbocycles. The third-order valence-corrected chi connectivity index (χ3v) is 4.66. The fourth-order valence-corrected chi connectivity index (χ4v) is 3.26. The van der Waals surface area contributed by atoms with E-state index < -0.39 is 0 Å². The molecule has 2 aliphatic rings. The van der Waals surface area contributed by atoms with Gasteiger partial charge in [-0.05, 0) is 12.5 Å². The summed E-state index contributed by atoms with van der Waals surface area (Å²) in [6, 6.07) is 8.27. The Kier molecular flexibility index (Phi) is 8.25. The molecule has 1 fully saturated rings. The van der Waals surface area contributed by atoms with Crippen LogP contribution in [0.3, 0.4) is 0 Å². The first-order valence-electron chi connectivity index (χ1n) is 8.88. The van der Waals surface area contributed by atoms with E-state index in [0.29, 0.717) is 25.2 Å². The summed E-state index contributed by atoms with van der Waals surface area (Å²) in [5, 5.41) is 3.34. The van der Waals surface area contributed by atoms with Crippen LogP contribution in [0.2, 0.25) is 0 Å². The van der Waals surface area contributed by atoms with Gasteiger partial charge in [-0.2, -0.15) is 0 Å². The molecule has 2 unspecified atom stereocenters. The molecule has 0 aromatic heterocycles. The molecule has 1 aromatic rings. The zero-order valence-corrected chi connectivity index (χ0v) is 17.1. The van der Waals surface area contributed by atoms with Gasteiger partial charge in [0, 0.05) is 31.6 Å². The minimum atomic E-state index is 0. The number of aliphatic imine (C=N–C) groups is 1. The predicted octanol–water partition coefficient (Wildman–Crippen LogP) is 2.14. The number of guanidine groups is 1. The van der Waals surface area contributed by atoms with Gasteiger partial charge in [0.05, 0.1) is 31.9 Å². The lowest BCUT2D eigenvalue weighted by Crippen LogP contribution is -2.43. The molecule has 6 nitrogen and oxygen atoms in total. The average Bonchev–Trinajstić information content (AvgIpc) is 2.62. The van der Waals surface area contributed by atoms with E-state index >= 15 is 0 Å². The standard InChI is InChI=1S/C18H28N4O2.HI/c1-2-14-13-22(10-12-23-14)9-8-20-18(19)21-16-7-11-24-17-6-4-3-5-15(16)17;/h3-6,14,16H,2,7-13H2,1H3,(H3,19,20,21);1H. The lowest BCUT2D eigenvalue weighted by molar-refractivity contribution is -0.0284. The van der Waals surface area contributed by atoms with E-state index in [-0.39, 0.29) is 30.0 Å². The first kappa shape index (κ1) is 20.3. The Bertz CT molecular complexity index is 570. The van der Waals surface area contributed by atoms with Crippen LogP contribution in [0.15, 0.2) is 29.3 Å². The van der Waals surface area contributed by atoms with Crippen molar-refractivity contribution in [3.63, 3.8) is 0 Å². The predicted molar refractivity (Wildman–Crippen MR) is 111 cm³/mol. The lowest BCUT2D eigenvalue weighted by atomic mass is 10.0. The minimum Gasteiger partial charge on any atom is -0.493 e. The van der Waals surface area contributed by atoms with E-state index in [9.17, 15) is 0 Å². The molecule has 3 rings (SSSR count). The van der Waals surface area contributed by atoms with Crippen LogP contribution >= 0.6 is 24.0 Å². The number of para-hydroxylation sites is 1. The summed E-state index contributed by atoms with van der Waals surface area (Å²) < 4.78 is 11.4. The van der Waals surface area contributed by atoms with Gasteiger partial charge in [0.15, 0.2) is 5.96 Å². The number of halogens is 1. The molecule has 25 heavy (non-hydrogen) atoms. The van der Waals surface area contributed by atoms with Gasteiger partial charge < -0.3 is 20.5 Å². The van der Waals surface area contributed by atoms with E-state index in [2.05, 4.69) is 28.2 Å². The summed E-state index contributed by atoms with van der Waals surface area (Å²) in [5.41, 5.74) is 7.24. The maximum Gasteiger partial charge on any atom is 0.189 e. The zero-order chi connectivity index (χ0) is 16.8. The van der Waals surface area contributed by atoms with Crippen LogP contribution in [-0.2, 0) is 4.74 Å². The second kappa shape index (κ2) is 10.2. The molecule has 0 spiro atoms. The van der Waals surface area contributed by atoms with Crippen LogP contribution in [0.25, 0.3) is 0 Å². The molecule has 2 heterocycles. The number of nitrogens with one attached hydrogen (secondary N) is 1. The van der Waals surface area contributed by atoms with Crippen LogP contribution in [0, 0.1) is 0 Å². The van der Waals surface area contributed by atoms with Crippen molar-refractivity contribution in [1.82, 2.24) is 10.2 Å². The number of benzene rings is 1. The van der Waals surface area contributed by atoms with Crippen molar-refractivity contribution in [2.45, 2.75) is 31.9 Å². The van der Waals surface area contributed by atoms with Crippen molar-refractivity contribution in [2.24, 2.45) is 10.7 Å². The van der Waals surface area contributed by atoms with E-state index in [0.717, 1.165) is 50.4 Å². The number of morpholine rings is 1. The van der Waals surface area contributed by atoms with Crippen molar-refractivity contribution in [3.05, 3.63) is 29.8 Å². The number of hydrogen-bond acceptors (Lipinski definition) is 4. The van der Waals surface area contributed by atoms with Gasteiger partial charge in [-0.3, -0.25) is 9.89 Å². The van der Waals surface area contributed by atoms with E-state index in [1.54, 1.807) is 0 Å². The number of fused-ring (bicyclic) bond motifs is 1. The Morgan fingerprint density at radius 3 is 3.04 bits per heavy atom. The number of nitrogens with two attached hydrogens (primary N) is 1. The van der Waals surface area contributed by atoms with Crippen LogP contribution in [0.4, 0.5) is 0 Å². The molecule has 0 aliphatic carbocycles. The molecule has 0 bridgehead atoms. The highest BCUT2D eigenvalue weighted by Crippen LogP contribution is 2.31. The largest absolute Gasteiger partial charge is 0.493 e. The second-order valence-corrected chi connectivity index (χ2v) is 6.34. The topological polar surface area (TPSA) is 72.1 Å². The molecule has 140 valence electrons. The quantitative estimate of drug-likeness (QED) is 0.400. The van der Waals surface area contributed by atoms with Crippen molar-refractivity contribution in [3.8, 4) is 5.75 Å². The van der Waals surface area contributed by atoms with Crippen molar-refractivity contribution in [2.75, 3.05) is 39.4 Å². The molecule has 7 heteroatoms. The fourth-order valence-electron chi connectivity index (χ4n) is 3.26. The van der Waals surface area contributed by atoms with Gasteiger partial charge in [-0.25, -0.2) is 0 Å². The third-order valence-electron chi connectivity index (χ3n) is 4.66. The maximum atomic E-state index is 6.09. The number of rotatable bonds is 5. The Hall–Kier alpha value is -1.06. The second-order valence-electron chi connectivity index (χ2n) is 6.34. The van der Waals surface area contributed by atoms with Crippen molar-refractivity contribution in [1.29, 1.82) is 0 Å². The van der Waals surface area contributed by atoms with Gasteiger partial charge >= 0.3 is 0 Å². The molecular weight excluding hydrogens is 431 g/mol. The van der Waals surface area contributed by atoms with Crippen molar-refractivity contribution < 1.29 is 9.47 Å². The Labute approximate surface area is 167 Å². The van der Waals surface area contributed by atoms with Gasteiger partial charge in [0.25, 0.3) is 0 Å². The average molecular weight is 460 g/mol. The van der Waals surface area contributed by atoms with Gasteiger partial charge in [-0.1, -0.05) is 25.1 Å². The molecule has 0 radical (unpaired) electrons. The molecule has 1 aromatic carbocycles. The summed E-state index contributed by atoms with van der Waals surface area (Å²) >= 11 is 0. The summed E-state index contributed by atoms with van der Waals surface area (Å²) in [5.74, 6) is 1.45. The summed E-state index contributed by atoms with van der Waals surface area (Å²) in [4.78, 5) is 6.90. The molecule has 1 saturated heterocycles. The summed E-state index contributed by atoms with van der Waals surface area (Å²) in [6.45, 7) is 7.29. The monoisotopic (exact) mass is 460 g/mol. The first-order valence-corrected chi connectivity index (χ1v) is 8.88. The SMILES string of the molecule is CCC1CN(CCN=C(N)NC2CCOc3ccccc32)CCO1.I. The molecular formula is C18H29IN4O2. The smallest absolute Gasteiger partial charge is 0.189 e. The van der Waals surface area contributed by atoms with Gasteiger partial charge in [0.2, 0.25) is 0 Å². The number of ether oxygens (including phenoxy) is 2. The van der Waals surface area contributed by atoms with Gasteiger partial charge in [-0.15, -0.1) is 24.0 Å². The normalized spacial score (nSPS) is 24.0. The number of hydrogen-bond donors (Lipinski definition) is 2. The Morgan fingerprint density at radius 1 is 1.36 bits per heavy atom. The Morgan fingerprint density at radius 2 is 2.20 bits per heavy atom. The highest BCUT2D eigenvalue weighted by Gasteiger charge is 2.21. The third kappa shape index (κ3) is 5.72. The van der Waals surface area contributed by atoms with Crippen molar-refractivity contribution >= 4 is 29.9 Å². The minimum absolute atomic E-state index is 0. The summed E-state index contributed by atoms with van der Waals surface area (Å²) in [7, 11) is 0.